The predicted octanol–water partition coefficient (Wildman–Crippen LogP) is 1.41. The second-order valence-electron chi connectivity index (χ2n) is 5.83. The molecule has 1 saturated carbocycles. The molecule has 1 aromatic rings. The zero-order chi connectivity index (χ0) is 15.5. The van der Waals surface area contributed by atoms with E-state index in [4.69, 9.17) is 10.9 Å². The van der Waals surface area contributed by atoms with Crippen LogP contribution in [0.1, 0.15) is 38.5 Å². The van der Waals surface area contributed by atoms with Crippen molar-refractivity contribution >= 4 is 21.4 Å². The van der Waals surface area contributed by atoms with Gasteiger partial charge in [-0.1, -0.05) is 25.7 Å². The molecule has 6 nitrogen and oxygen atoms in total. The van der Waals surface area contributed by atoms with Crippen LogP contribution in [0.25, 0.3) is 0 Å². The SMILES string of the molecule is Nc1cc(NCC2(O)CCCCCC2)cc(S(N)(=O)=O)c1. The highest BCUT2D eigenvalue weighted by Crippen LogP contribution is 2.28. The fourth-order valence-corrected chi connectivity index (χ4v) is 3.31. The lowest BCUT2D eigenvalue weighted by atomic mass is 9.94. The van der Waals surface area contributed by atoms with Crippen LogP contribution in [0.3, 0.4) is 0 Å². The van der Waals surface area contributed by atoms with E-state index in [9.17, 15) is 13.5 Å². The molecule has 0 amide bonds. The summed E-state index contributed by atoms with van der Waals surface area (Å²) in [4.78, 5) is -0.0298. The van der Waals surface area contributed by atoms with E-state index in [2.05, 4.69) is 5.32 Å². The molecule has 1 aromatic carbocycles. The Morgan fingerprint density at radius 1 is 1.14 bits per heavy atom. The highest BCUT2D eigenvalue weighted by atomic mass is 32.2. The van der Waals surface area contributed by atoms with E-state index in [1.165, 1.54) is 12.1 Å². The summed E-state index contributed by atoms with van der Waals surface area (Å²) in [7, 11) is -3.79. The average molecular weight is 313 g/mol. The lowest BCUT2D eigenvalue weighted by Gasteiger charge is -2.27. The number of benzene rings is 1. The Hall–Kier alpha value is -1.31. The number of nitrogen functional groups attached to an aromatic ring is 1. The standard InChI is InChI=1S/C14H23N3O3S/c15-11-7-12(9-13(8-11)21(16,19)20)17-10-14(18)5-3-1-2-4-6-14/h7-9,17-18H,1-6,10,15H2,(H2,16,19,20). The Kier molecular flexibility index (Phi) is 4.75. The third-order valence-corrected chi connectivity index (χ3v) is 4.81. The van der Waals surface area contributed by atoms with Crippen molar-refractivity contribution in [1.82, 2.24) is 0 Å². The molecule has 2 rings (SSSR count). The van der Waals surface area contributed by atoms with Gasteiger partial charge in [-0.05, 0) is 31.0 Å². The van der Waals surface area contributed by atoms with Gasteiger partial charge in [0.1, 0.15) is 0 Å². The van der Waals surface area contributed by atoms with Gasteiger partial charge in [-0.25, -0.2) is 13.6 Å². The first-order valence-corrected chi connectivity index (χ1v) is 8.73. The second-order valence-corrected chi connectivity index (χ2v) is 7.39. The first kappa shape index (κ1) is 16.1. The van der Waals surface area contributed by atoms with Crippen molar-refractivity contribution in [2.45, 2.75) is 49.0 Å². The smallest absolute Gasteiger partial charge is 0.238 e. The summed E-state index contributed by atoms with van der Waals surface area (Å²) in [6.07, 6.45) is 5.83. The molecule has 0 spiro atoms. The van der Waals surface area contributed by atoms with Crippen LogP contribution in [0.4, 0.5) is 11.4 Å². The number of anilines is 2. The highest BCUT2D eigenvalue weighted by Gasteiger charge is 2.27. The summed E-state index contributed by atoms with van der Waals surface area (Å²) in [5.74, 6) is 0. The molecule has 0 atom stereocenters. The number of hydrogen-bond donors (Lipinski definition) is 4. The van der Waals surface area contributed by atoms with E-state index < -0.39 is 15.6 Å². The van der Waals surface area contributed by atoms with Crippen molar-refractivity contribution < 1.29 is 13.5 Å². The number of hydrogen-bond acceptors (Lipinski definition) is 5. The zero-order valence-corrected chi connectivity index (χ0v) is 12.8. The van der Waals surface area contributed by atoms with E-state index in [1.54, 1.807) is 6.07 Å². The van der Waals surface area contributed by atoms with E-state index in [0.717, 1.165) is 38.5 Å². The van der Waals surface area contributed by atoms with Gasteiger partial charge in [0.05, 0.1) is 10.5 Å². The van der Waals surface area contributed by atoms with Gasteiger partial charge in [0.15, 0.2) is 0 Å². The molecule has 118 valence electrons. The van der Waals surface area contributed by atoms with Gasteiger partial charge in [0.25, 0.3) is 0 Å². The number of aliphatic hydroxyl groups is 1. The van der Waals surface area contributed by atoms with E-state index >= 15 is 0 Å². The fraction of sp³-hybridized carbons (Fsp3) is 0.571. The minimum absolute atomic E-state index is 0.0298. The maximum Gasteiger partial charge on any atom is 0.238 e. The number of primary sulfonamides is 1. The van der Waals surface area contributed by atoms with Gasteiger partial charge < -0.3 is 16.2 Å². The topological polar surface area (TPSA) is 118 Å². The van der Waals surface area contributed by atoms with E-state index in [-0.39, 0.29) is 4.90 Å². The molecule has 0 aliphatic heterocycles. The summed E-state index contributed by atoms with van der Waals surface area (Å²) in [5.41, 5.74) is 5.82. The molecule has 7 heteroatoms. The maximum absolute atomic E-state index is 11.4. The van der Waals surface area contributed by atoms with Gasteiger partial charge in [0.2, 0.25) is 10.0 Å². The summed E-state index contributed by atoms with van der Waals surface area (Å²) in [6, 6.07) is 4.39. The molecule has 1 fully saturated rings. The molecule has 0 aromatic heterocycles. The zero-order valence-electron chi connectivity index (χ0n) is 12.0. The van der Waals surface area contributed by atoms with Crippen molar-refractivity contribution in [3.63, 3.8) is 0 Å². The van der Waals surface area contributed by atoms with Crippen molar-refractivity contribution in [3.8, 4) is 0 Å². The summed E-state index contributed by atoms with van der Waals surface area (Å²) in [5, 5.41) is 18.8. The van der Waals surface area contributed by atoms with Crippen molar-refractivity contribution in [1.29, 1.82) is 0 Å². The molecule has 1 aliphatic rings. The quantitative estimate of drug-likeness (QED) is 0.495. The highest BCUT2D eigenvalue weighted by molar-refractivity contribution is 7.89. The van der Waals surface area contributed by atoms with E-state index in [1.807, 2.05) is 0 Å². The van der Waals surface area contributed by atoms with Crippen molar-refractivity contribution in [2.75, 3.05) is 17.6 Å². The Morgan fingerprint density at radius 3 is 2.33 bits per heavy atom. The number of nitrogens with two attached hydrogens (primary N) is 2. The molecule has 0 unspecified atom stereocenters. The molecule has 1 aliphatic carbocycles. The predicted molar refractivity (Wildman–Crippen MR) is 83.4 cm³/mol. The van der Waals surface area contributed by atoms with Crippen LogP contribution >= 0.6 is 0 Å². The summed E-state index contributed by atoms with van der Waals surface area (Å²) < 4.78 is 22.8. The number of rotatable bonds is 4. The van der Waals surface area contributed by atoms with Crippen LogP contribution in [0.15, 0.2) is 23.1 Å². The van der Waals surface area contributed by atoms with Crippen molar-refractivity contribution in [3.05, 3.63) is 18.2 Å². The first-order valence-electron chi connectivity index (χ1n) is 7.18. The summed E-state index contributed by atoms with van der Waals surface area (Å²) in [6.45, 7) is 0.376. The average Bonchev–Trinajstić information content (AvgIpc) is 2.60. The largest absolute Gasteiger partial charge is 0.399 e. The Morgan fingerprint density at radius 2 is 1.76 bits per heavy atom. The Balaban J connectivity index is 2.11. The maximum atomic E-state index is 11.4. The van der Waals surface area contributed by atoms with Crippen molar-refractivity contribution in [2.24, 2.45) is 5.14 Å². The normalized spacial score (nSPS) is 19.0. The van der Waals surface area contributed by atoms with Gasteiger partial charge in [-0.3, -0.25) is 0 Å². The monoisotopic (exact) mass is 313 g/mol. The molecule has 0 heterocycles. The molecule has 0 bridgehead atoms. The van der Waals surface area contributed by atoms with Crippen LogP contribution < -0.4 is 16.2 Å². The summed E-state index contributed by atoms with van der Waals surface area (Å²) >= 11 is 0. The number of nitrogens with one attached hydrogen (secondary N) is 1. The fourth-order valence-electron chi connectivity index (χ4n) is 2.72. The molecular weight excluding hydrogens is 290 g/mol. The Labute approximate surface area is 125 Å². The van der Waals surface area contributed by atoms with Crippen LogP contribution in [0.2, 0.25) is 0 Å². The Bertz CT molecular complexity index is 593. The van der Waals surface area contributed by atoms with Crippen LogP contribution in [-0.4, -0.2) is 25.7 Å². The molecule has 21 heavy (non-hydrogen) atoms. The van der Waals surface area contributed by atoms with Gasteiger partial charge in [0, 0.05) is 17.9 Å². The first-order chi connectivity index (χ1) is 9.78. The molecule has 0 saturated heterocycles. The third kappa shape index (κ3) is 4.59. The lowest BCUT2D eigenvalue weighted by Crippen LogP contribution is -2.36. The van der Waals surface area contributed by atoms with Gasteiger partial charge in [-0.2, -0.15) is 0 Å². The minimum atomic E-state index is -3.79. The molecule has 0 radical (unpaired) electrons. The van der Waals surface area contributed by atoms with Crippen LogP contribution in [0.5, 0.6) is 0 Å². The number of sulfonamides is 1. The molecular formula is C14H23N3O3S. The van der Waals surface area contributed by atoms with Crippen LogP contribution in [-0.2, 0) is 10.0 Å². The third-order valence-electron chi connectivity index (χ3n) is 3.91. The van der Waals surface area contributed by atoms with Gasteiger partial charge >= 0.3 is 0 Å². The van der Waals surface area contributed by atoms with Crippen LogP contribution in [0, 0.1) is 0 Å². The molecule has 6 N–H and O–H groups in total. The lowest BCUT2D eigenvalue weighted by molar-refractivity contribution is 0.0381. The minimum Gasteiger partial charge on any atom is -0.399 e. The van der Waals surface area contributed by atoms with E-state index in [0.29, 0.717) is 17.9 Å². The van der Waals surface area contributed by atoms with Gasteiger partial charge in [-0.15, -0.1) is 0 Å². The second kappa shape index (κ2) is 6.21.